The molecule has 0 bridgehead atoms. The van der Waals surface area contributed by atoms with E-state index >= 15 is 0 Å². The van der Waals surface area contributed by atoms with E-state index in [9.17, 15) is 9.59 Å². The third kappa shape index (κ3) is 4.66. The van der Waals surface area contributed by atoms with E-state index in [0.717, 1.165) is 5.75 Å². The molecule has 6 heteroatoms. The molecule has 0 aliphatic rings. The number of benzene rings is 1. The summed E-state index contributed by atoms with van der Waals surface area (Å²) in [6, 6.07) is 9.48. The predicted molar refractivity (Wildman–Crippen MR) is 86.7 cm³/mol. The Labute approximate surface area is 133 Å². The molecule has 0 spiro atoms. The number of rotatable bonds is 7. The van der Waals surface area contributed by atoms with Gasteiger partial charge < -0.3 is 10.1 Å². The monoisotopic (exact) mass is 318 g/mol. The second-order valence-electron chi connectivity index (χ2n) is 4.80. The second kappa shape index (κ2) is 7.70. The van der Waals surface area contributed by atoms with Crippen LogP contribution in [0.1, 0.15) is 35.1 Å². The molecule has 0 saturated heterocycles. The number of aromatic nitrogens is 1. The number of hydrogen-bond donors (Lipinski definition) is 1. The fourth-order valence-corrected chi connectivity index (χ4v) is 2.78. The van der Waals surface area contributed by atoms with Gasteiger partial charge in [0.25, 0.3) is 0 Å². The summed E-state index contributed by atoms with van der Waals surface area (Å²) in [6.07, 6.45) is 0.964. The molecular weight excluding hydrogens is 300 g/mol. The Balaban J connectivity index is 1.74. The van der Waals surface area contributed by atoms with Crippen molar-refractivity contribution in [1.82, 2.24) is 4.98 Å². The van der Waals surface area contributed by atoms with Crippen LogP contribution in [0, 0.1) is 6.92 Å². The Kier molecular flexibility index (Phi) is 5.66. The fourth-order valence-electron chi connectivity index (χ4n) is 1.90. The minimum atomic E-state index is -0.125. The number of ether oxygens (including phenoxy) is 1. The molecule has 0 saturated carbocycles. The minimum absolute atomic E-state index is 0.0354. The van der Waals surface area contributed by atoms with E-state index in [1.165, 1.54) is 18.3 Å². The number of hydrogen-bond acceptors (Lipinski definition) is 5. The van der Waals surface area contributed by atoms with Gasteiger partial charge in [0.05, 0.1) is 17.2 Å². The van der Waals surface area contributed by atoms with Crippen molar-refractivity contribution in [1.29, 1.82) is 0 Å². The number of ketones is 1. The predicted octanol–water partition coefficient (Wildman–Crippen LogP) is 3.45. The third-order valence-corrected chi connectivity index (χ3v) is 4.10. The SMILES string of the molecule is CC(=O)c1sc(NC(=O)CCCOc2ccccc2)nc1C. The van der Waals surface area contributed by atoms with Gasteiger partial charge in [-0.3, -0.25) is 9.59 Å². The molecular formula is C16H18N2O3S. The van der Waals surface area contributed by atoms with Gasteiger partial charge in [0.1, 0.15) is 5.75 Å². The van der Waals surface area contributed by atoms with Crippen LogP contribution in [0.4, 0.5) is 5.13 Å². The number of Topliss-reactive ketones (excluding diaryl/α,β-unsaturated/α-hetero) is 1. The first-order chi connectivity index (χ1) is 10.6. The molecule has 0 aliphatic heterocycles. The number of nitrogens with one attached hydrogen (secondary N) is 1. The average molecular weight is 318 g/mol. The number of thiazole rings is 1. The largest absolute Gasteiger partial charge is 0.494 e. The molecule has 0 aliphatic carbocycles. The maximum absolute atomic E-state index is 11.8. The molecule has 1 heterocycles. The van der Waals surface area contributed by atoms with Crippen molar-refractivity contribution < 1.29 is 14.3 Å². The quantitative estimate of drug-likeness (QED) is 0.627. The van der Waals surface area contributed by atoms with E-state index in [-0.39, 0.29) is 11.7 Å². The number of carbonyl (C=O) groups is 2. The Morgan fingerprint density at radius 2 is 2.00 bits per heavy atom. The molecule has 0 atom stereocenters. The van der Waals surface area contributed by atoms with Gasteiger partial charge in [-0.15, -0.1) is 0 Å². The molecule has 0 fully saturated rings. The highest BCUT2D eigenvalue weighted by Crippen LogP contribution is 2.23. The van der Waals surface area contributed by atoms with E-state index in [1.54, 1.807) is 6.92 Å². The van der Waals surface area contributed by atoms with Crippen molar-refractivity contribution in [3.05, 3.63) is 40.9 Å². The summed E-state index contributed by atoms with van der Waals surface area (Å²) in [4.78, 5) is 27.9. The van der Waals surface area contributed by atoms with E-state index in [1.807, 2.05) is 30.3 Å². The van der Waals surface area contributed by atoms with Gasteiger partial charge in [-0.2, -0.15) is 0 Å². The van der Waals surface area contributed by atoms with Crippen molar-refractivity contribution in [3.8, 4) is 5.75 Å². The zero-order valence-corrected chi connectivity index (χ0v) is 13.4. The summed E-state index contributed by atoms with van der Waals surface area (Å²) in [5.41, 5.74) is 0.653. The normalized spacial score (nSPS) is 10.3. The lowest BCUT2D eigenvalue weighted by Gasteiger charge is -2.05. The van der Waals surface area contributed by atoms with Crippen LogP contribution >= 0.6 is 11.3 Å². The van der Waals surface area contributed by atoms with Crippen molar-refractivity contribution in [2.45, 2.75) is 26.7 Å². The van der Waals surface area contributed by atoms with E-state index in [4.69, 9.17) is 4.74 Å². The number of aryl methyl sites for hydroxylation is 1. The van der Waals surface area contributed by atoms with Gasteiger partial charge in [0.2, 0.25) is 5.91 Å². The summed E-state index contributed by atoms with van der Waals surface area (Å²) >= 11 is 1.21. The lowest BCUT2D eigenvalue weighted by atomic mass is 10.3. The summed E-state index contributed by atoms with van der Waals surface area (Å²) in [6.45, 7) is 3.73. The summed E-state index contributed by atoms with van der Waals surface area (Å²) in [5.74, 6) is 0.636. The van der Waals surface area contributed by atoms with E-state index in [0.29, 0.717) is 35.2 Å². The zero-order chi connectivity index (χ0) is 15.9. The average Bonchev–Trinajstić information content (AvgIpc) is 2.85. The molecule has 1 aromatic heterocycles. The Bertz CT molecular complexity index is 653. The first-order valence-corrected chi connectivity index (χ1v) is 7.84. The molecule has 1 N–H and O–H groups in total. The number of amides is 1. The van der Waals surface area contributed by atoms with Crippen LogP contribution in [0.15, 0.2) is 30.3 Å². The number of nitrogens with zero attached hydrogens (tertiary/aromatic N) is 1. The standard InChI is InChI=1S/C16H18N2O3S/c1-11-15(12(2)19)22-16(17-11)18-14(20)9-6-10-21-13-7-4-3-5-8-13/h3-5,7-8H,6,9-10H2,1-2H3,(H,17,18,20). The van der Waals surface area contributed by atoms with Crippen molar-refractivity contribution in [2.75, 3.05) is 11.9 Å². The van der Waals surface area contributed by atoms with Gasteiger partial charge in [0, 0.05) is 13.3 Å². The highest BCUT2D eigenvalue weighted by atomic mass is 32.1. The van der Waals surface area contributed by atoms with Crippen molar-refractivity contribution in [3.63, 3.8) is 0 Å². The van der Waals surface area contributed by atoms with E-state index < -0.39 is 0 Å². The fraction of sp³-hybridized carbons (Fsp3) is 0.312. The first kappa shape index (κ1) is 16.2. The highest BCUT2D eigenvalue weighted by molar-refractivity contribution is 7.17. The topological polar surface area (TPSA) is 68.3 Å². The van der Waals surface area contributed by atoms with Crippen LogP contribution in [0.25, 0.3) is 0 Å². The third-order valence-electron chi connectivity index (χ3n) is 2.92. The second-order valence-corrected chi connectivity index (χ2v) is 5.80. The van der Waals surface area contributed by atoms with Gasteiger partial charge in [-0.25, -0.2) is 4.98 Å². The summed E-state index contributed by atoms with van der Waals surface area (Å²) in [5, 5.41) is 3.19. The number of para-hydroxylation sites is 1. The highest BCUT2D eigenvalue weighted by Gasteiger charge is 2.13. The summed E-state index contributed by atoms with van der Waals surface area (Å²) < 4.78 is 5.52. The Morgan fingerprint density at radius 1 is 1.27 bits per heavy atom. The minimum Gasteiger partial charge on any atom is -0.494 e. The first-order valence-electron chi connectivity index (χ1n) is 7.02. The lowest BCUT2D eigenvalue weighted by Crippen LogP contribution is -2.12. The summed E-state index contributed by atoms with van der Waals surface area (Å²) in [7, 11) is 0. The Morgan fingerprint density at radius 3 is 2.64 bits per heavy atom. The van der Waals surface area contributed by atoms with Gasteiger partial charge in [-0.1, -0.05) is 29.5 Å². The van der Waals surface area contributed by atoms with Crippen LogP contribution in [-0.4, -0.2) is 23.3 Å². The van der Waals surface area contributed by atoms with E-state index in [2.05, 4.69) is 10.3 Å². The molecule has 0 radical (unpaired) electrons. The molecule has 116 valence electrons. The zero-order valence-electron chi connectivity index (χ0n) is 12.6. The molecule has 1 aromatic carbocycles. The van der Waals surface area contributed by atoms with Crippen molar-refractivity contribution >= 4 is 28.2 Å². The lowest BCUT2D eigenvalue weighted by molar-refractivity contribution is -0.116. The van der Waals surface area contributed by atoms with Crippen LogP contribution in [-0.2, 0) is 4.79 Å². The molecule has 5 nitrogen and oxygen atoms in total. The van der Waals surface area contributed by atoms with Crippen LogP contribution in [0.5, 0.6) is 5.75 Å². The number of carbonyl (C=O) groups excluding carboxylic acids is 2. The molecule has 1 amide bonds. The van der Waals surface area contributed by atoms with Crippen LogP contribution < -0.4 is 10.1 Å². The van der Waals surface area contributed by atoms with Gasteiger partial charge in [-0.05, 0) is 25.5 Å². The molecule has 22 heavy (non-hydrogen) atoms. The van der Waals surface area contributed by atoms with Crippen LogP contribution in [0.3, 0.4) is 0 Å². The maximum atomic E-state index is 11.8. The van der Waals surface area contributed by atoms with Gasteiger partial charge >= 0.3 is 0 Å². The maximum Gasteiger partial charge on any atom is 0.226 e. The molecule has 2 rings (SSSR count). The smallest absolute Gasteiger partial charge is 0.226 e. The van der Waals surface area contributed by atoms with Crippen molar-refractivity contribution in [2.24, 2.45) is 0 Å². The van der Waals surface area contributed by atoms with Gasteiger partial charge in [0.15, 0.2) is 10.9 Å². The molecule has 0 unspecified atom stereocenters. The Hall–Kier alpha value is -2.21. The molecule has 2 aromatic rings. The van der Waals surface area contributed by atoms with Crippen LogP contribution in [0.2, 0.25) is 0 Å². The number of anilines is 1.